The van der Waals surface area contributed by atoms with E-state index in [1.54, 1.807) is 35.2 Å². The Morgan fingerprint density at radius 2 is 1.77 bits per heavy atom. The van der Waals surface area contributed by atoms with Gasteiger partial charge < -0.3 is 20.1 Å². The summed E-state index contributed by atoms with van der Waals surface area (Å²) in [6.45, 7) is 6.13. The van der Waals surface area contributed by atoms with Crippen molar-refractivity contribution in [1.29, 1.82) is 0 Å². The molecule has 0 bridgehead atoms. The summed E-state index contributed by atoms with van der Waals surface area (Å²) in [4.78, 5) is 46.4. The predicted molar refractivity (Wildman–Crippen MR) is 137 cm³/mol. The zero-order valence-electron chi connectivity index (χ0n) is 20.3. The summed E-state index contributed by atoms with van der Waals surface area (Å²) in [5, 5.41) is 3.80. The van der Waals surface area contributed by atoms with Gasteiger partial charge in [-0.25, -0.2) is 0 Å². The number of hydrogen-bond donors (Lipinski definition) is 2. The quantitative estimate of drug-likeness (QED) is 0.509. The minimum Gasteiger partial charge on any atom is -0.361 e. The van der Waals surface area contributed by atoms with Gasteiger partial charge in [-0.3, -0.25) is 14.4 Å². The molecule has 1 aromatic heterocycles. The number of benzene rings is 2. The standard InChI is InChI=1S/C28H32N4O3/c1-3-31(4-2)27(34)21-13-10-16-32(19-21)28(35)25(30-26(33)20-11-6-5-7-12-20)17-22-18-29-24-15-9-8-14-23(22)24/h5-9,11-12,14-15,17-18,21,29H,3-4,10,13,16,19H2,1-2H3,(H,30,33)/b25-17+/t21-/m0/s1. The van der Waals surface area contributed by atoms with Crippen molar-refractivity contribution < 1.29 is 14.4 Å². The smallest absolute Gasteiger partial charge is 0.270 e. The van der Waals surface area contributed by atoms with Crippen LogP contribution in [0.25, 0.3) is 17.0 Å². The van der Waals surface area contributed by atoms with E-state index in [4.69, 9.17) is 0 Å². The molecular weight excluding hydrogens is 440 g/mol. The van der Waals surface area contributed by atoms with Gasteiger partial charge >= 0.3 is 0 Å². The van der Waals surface area contributed by atoms with Crippen LogP contribution >= 0.6 is 0 Å². The van der Waals surface area contributed by atoms with Crippen molar-refractivity contribution in [3.05, 3.63) is 77.6 Å². The van der Waals surface area contributed by atoms with Gasteiger partial charge in [0.05, 0.1) is 5.92 Å². The lowest BCUT2D eigenvalue weighted by Crippen LogP contribution is -2.48. The van der Waals surface area contributed by atoms with Gasteiger partial charge in [-0.1, -0.05) is 36.4 Å². The van der Waals surface area contributed by atoms with Crippen LogP contribution in [-0.4, -0.2) is 58.7 Å². The maximum Gasteiger partial charge on any atom is 0.270 e. The van der Waals surface area contributed by atoms with Crippen molar-refractivity contribution in [3.8, 4) is 0 Å². The van der Waals surface area contributed by atoms with Crippen LogP contribution in [0.5, 0.6) is 0 Å². The molecule has 7 nitrogen and oxygen atoms in total. The van der Waals surface area contributed by atoms with Gasteiger partial charge in [0, 0.05) is 54.4 Å². The number of H-pyrrole nitrogens is 1. The van der Waals surface area contributed by atoms with Gasteiger partial charge in [-0.2, -0.15) is 0 Å². The van der Waals surface area contributed by atoms with Crippen molar-refractivity contribution in [1.82, 2.24) is 20.1 Å². The number of likely N-dealkylation sites (tertiary alicyclic amines) is 1. The molecule has 1 fully saturated rings. The normalized spacial score (nSPS) is 16.2. The molecule has 1 aliphatic heterocycles. The number of aromatic amines is 1. The van der Waals surface area contributed by atoms with E-state index >= 15 is 0 Å². The number of nitrogens with zero attached hydrogens (tertiary/aromatic N) is 2. The number of fused-ring (bicyclic) bond motifs is 1. The number of aromatic nitrogens is 1. The van der Waals surface area contributed by atoms with E-state index in [2.05, 4.69) is 10.3 Å². The molecule has 3 aromatic rings. The van der Waals surface area contributed by atoms with Crippen molar-refractivity contribution in [3.63, 3.8) is 0 Å². The lowest BCUT2D eigenvalue weighted by atomic mass is 9.96. The third-order valence-electron chi connectivity index (χ3n) is 6.57. The molecule has 1 aliphatic rings. The zero-order chi connectivity index (χ0) is 24.8. The zero-order valence-corrected chi connectivity index (χ0v) is 20.3. The molecule has 35 heavy (non-hydrogen) atoms. The van der Waals surface area contributed by atoms with Gasteiger partial charge in [0.25, 0.3) is 11.8 Å². The van der Waals surface area contributed by atoms with Crippen molar-refractivity contribution in [2.75, 3.05) is 26.2 Å². The minimum atomic E-state index is -0.349. The van der Waals surface area contributed by atoms with Gasteiger partial charge in [-0.15, -0.1) is 0 Å². The van der Waals surface area contributed by atoms with E-state index in [1.807, 2.05) is 55.3 Å². The number of carbonyl (C=O) groups excluding carboxylic acids is 3. The molecule has 182 valence electrons. The average Bonchev–Trinajstić information content (AvgIpc) is 3.31. The third-order valence-corrected chi connectivity index (χ3v) is 6.57. The Hall–Kier alpha value is -3.87. The van der Waals surface area contributed by atoms with E-state index < -0.39 is 0 Å². The van der Waals surface area contributed by atoms with Crippen LogP contribution < -0.4 is 5.32 Å². The van der Waals surface area contributed by atoms with Crippen LogP contribution in [-0.2, 0) is 9.59 Å². The van der Waals surface area contributed by atoms with Crippen molar-refractivity contribution >= 4 is 34.7 Å². The highest BCUT2D eigenvalue weighted by atomic mass is 16.2. The monoisotopic (exact) mass is 472 g/mol. The number of para-hydroxylation sites is 1. The van der Waals surface area contributed by atoms with Crippen LogP contribution in [0.4, 0.5) is 0 Å². The summed E-state index contributed by atoms with van der Waals surface area (Å²) in [6.07, 6.45) is 5.06. The van der Waals surface area contributed by atoms with Crippen LogP contribution in [0.3, 0.4) is 0 Å². The van der Waals surface area contributed by atoms with Gasteiger partial charge in [0.2, 0.25) is 5.91 Å². The van der Waals surface area contributed by atoms with Crippen molar-refractivity contribution in [2.24, 2.45) is 5.92 Å². The molecule has 2 heterocycles. The summed E-state index contributed by atoms with van der Waals surface area (Å²) < 4.78 is 0. The Kier molecular flexibility index (Phi) is 7.65. The fourth-order valence-corrected chi connectivity index (χ4v) is 4.63. The molecule has 0 aliphatic carbocycles. The molecule has 2 N–H and O–H groups in total. The summed E-state index contributed by atoms with van der Waals surface area (Å²) >= 11 is 0. The molecule has 7 heteroatoms. The maximum absolute atomic E-state index is 13.7. The molecule has 0 saturated carbocycles. The average molecular weight is 473 g/mol. The number of piperidine rings is 1. The fourth-order valence-electron chi connectivity index (χ4n) is 4.63. The highest BCUT2D eigenvalue weighted by Gasteiger charge is 2.32. The second kappa shape index (κ2) is 11.0. The van der Waals surface area contributed by atoms with Gasteiger partial charge in [-0.05, 0) is 51.0 Å². The van der Waals surface area contributed by atoms with E-state index in [1.165, 1.54) is 0 Å². The number of carbonyl (C=O) groups is 3. The lowest BCUT2D eigenvalue weighted by molar-refractivity contribution is -0.139. The molecular formula is C28H32N4O3. The number of rotatable bonds is 7. The molecule has 0 radical (unpaired) electrons. The fraction of sp³-hybridized carbons (Fsp3) is 0.321. The Bertz CT molecular complexity index is 1230. The maximum atomic E-state index is 13.7. The summed E-state index contributed by atoms with van der Waals surface area (Å²) in [7, 11) is 0. The van der Waals surface area contributed by atoms with Crippen LogP contribution in [0.2, 0.25) is 0 Å². The SMILES string of the molecule is CCN(CC)C(=O)[C@H]1CCCN(C(=O)/C(=C\c2c[nH]c3ccccc23)NC(=O)c2ccccc2)C1. The molecule has 1 atom stereocenters. The second-order valence-electron chi connectivity index (χ2n) is 8.77. The summed E-state index contributed by atoms with van der Waals surface area (Å²) in [5.41, 5.74) is 2.42. The first-order valence-corrected chi connectivity index (χ1v) is 12.2. The number of amides is 3. The molecule has 1 saturated heterocycles. The Balaban J connectivity index is 1.63. The third kappa shape index (κ3) is 5.45. The Morgan fingerprint density at radius 3 is 2.51 bits per heavy atom. The molecule has 0 unspecified atom stereocenters. The van der Waals surface area contributed by atoms with Crippen LogP contribution in [0.15, 0.2) is 66.5 Å². The van der Waals surface area contributed by atoms with E-state index in [0.29, 0.717) is 31.7 Å². The first kappa shape index (κ1) is 24.3. The van der Waals surface area contributed by atoms with Gasteiger partial charge in [0.1, 0.15) is 5.70 Å². The van der Waals surface area contributed by atoms with Crippen molar-refractivity contribution in [2.45, 2.75) is 26.7 Å². The number of hydrogen-bond acceptors (Lipinski definition) is 3. The van der Waals surface area contributed by atoms with E-state index in [0.717, 1.165) is 29.3 Å². The highest BCUT2D eigenvalue weighted by molar-refractivity contribution is 6.06. The highest BCUT2D eigenvalue weighted by Crippen LogP contribution is 2.23. The number of nitrogens with one attached hydrogen (secondary N) is 2. The van der Waals surface area contributed by atoms with Crippen LogP contribution in [0.1, 0.15) is 42.6 Å². The molecule has 2 aromatic carbocycles. The predicted octanol–water partition coefficient (Wildman–Crippen LogP) is 4.05. The van der Waals surface area contributed by atoms with Crippen LogP contribution in [0, 0.1) is 5.92 Å². The topological polar surface area (TPSA) is 85.5 Å². The largest absolute Gasteiger partial charge is 0.361 e. The Morgan fingerprint density at radius 1 is 1.06 bits per heavy atom. The molecule has 4 rings (SSSR count). The first-order chi connectivity index (χ1) is 17.0. The molecule has 0 spiro atoms. The second-order valence-corrected chi connectivity index (χ2v) is 8.77. The Labute approximate surface area is 205 Å². The van der Waals surface area contributed by atoms with Gasteiger partial charge in [0.15, 0.2) is 0 Å². The molecule has 3 amide bonds. The van der Waals surface area contributed by atoms with E-state index in [-0.39, 0.29) is 29.3 Å². The summed E-state index contributed by atoms with van der Waals surface area (Å²) in [5.74, 6) is -0.774. The minimum absolute atomic E-state index is 0.0861. The van der Waals surface area contributed by atoms with E-state index in [9.17, 15) is 14.4 Å². The lowest BCUT2D eigenvalue weighted by Gasteiger charge is -2.35. The first-order valence-electron chi connectivity index (χ1n) is 12.2. The summed E-state index contributed by atoms with van der Waals surface area (Å²) in [6, 6.07) is 16.6.